The van der Waals surface area contributed by atoms with Gasteiger partial charge in [0.05, 0.1) is 0 Å². The molecule has 3 aromatic rings. The number of halogens is 1. The Morgan fingerprint density at radius 3 is 2.41 bits per heavy atom. The Kier molecular flexibility index (Phi) is 3.91. The Morgan fingerprint density at radius 2 is 1.73 bits per heavy atom. The molecule has 0 aliphatic heterocycles. The van der Waals surface area contributed by atoms with E-state index in [9.17, 15) is 9.18 Å². The minimum atomic E-state index is -0.330. The van der Waals surface area contributed by atoms with Gasteiger partial charge >= 0.3 is 0 Å². The van der Waals surface area contributed by atoms with Gasteiger partial charge in [-0.1, -0.05) is 30.3 Å². The monoisotopic (exact) mass is 296 g/mol. The van der Waals surface area contributed by atoms with Crippen LogP contribution < -0.4 is 10.9 Å². The molecule has 0 radical (unpaired) electrons. The van der Waals surface area contributed by atoms with E-state index in [4.69, 9.17) is 0 Å². The summed E-state index contributed by atoms with van der Waals surface area (Å²) in [6.07, 6.45) is 0.417. The molecular weight excluding hydrogens is 283 g/mol. The molecule has 110 valence electrons. The van der Waals surface area contributed by atoms with Crippen LogP contribution in [0.25, 0.3) is 0 Å². The fraction of sp³-hybridized carbons (Fsp3) is 0.0625. The molecule has 0 amide bonds. The summed E-state index contributed by atoms with van der Waals surface area (Å²) in [7, 11) is 0. The zero-order valence-electron chi connectivity index (χ0n) is 11.6. The molecular formula is C16H13FN4O. The van der Waals surface area contributed by atoms with Gasteiger partial charge in [0.2, 0.25) is 5.95 Å². The lowest BCUT2D eigenvalue weighted by molar-refractivity contribution is 0.628. The Labute approximate surface area is 125 Å². The Bertz CT molecular complexity index is 816. The van der Waals surface area contributed by atoms with Crippen LogP contribution in [0.15, 0.2) is 59.4 Å². The van der Waals surface area contributed by atoms with Gasteiger partial charge in [0, 0.05) is 12.1 Å². The number of benzene rings is 2. The van der Waals surface area contributed by atoms with Crippen molar-refractivity contribution in [2.24, 2.45) is 0 Å². The molecule has 0 unspecified atom stereocenters. The predicted octanol–water partition coefficient (Wildman–Crippen LogP) is 2.64. The molecule has 5 nitrogen and oxygen atoms in total. The smallest absolute Gasteiger partial charge is 0.274 e. The number of aromatic nitrogens is 3. The molecule has 22 heavy (non-hydrogen) atoms. The van der Waals surface area contributed by atoms with E-state index in [1.807, 2.05) is 30.3 Å². The molecule has 0 atom stereocenters. The number of anilines is 2. The van der Waals surface area contributed by atoms with Crippen LogP contribution in [0.4, 0.5) is 16.0 Å². The van der Waals surface area contributed by atoms with Crippen LogP contribution in [0, 0.1) is 5.82 Å². The molecule has 0 aliphatic carbocycles. The van der Waals surface area contributed by atoms with E-state index >= 15 is 0 Å². The highest BCUT2D eigenvalue weighted by Gasteiger charge is 2.06. The molecule has 0 aliphatic rings. The van der Waals surface area contributed by atoms with Crippen molar-refractivity contribution in [3.05, 3.63) is 82.0 Å². The number of hydrogen-bond donors (Lipinski definition) is 2. The highest BCUT2D eigenvalue weighted by molar-refractivity contribution is 5.52. The summed E-state index contributed by atoms with van der Waals surface area (Å²) in [5.74, 6) is -0.114. The van der Waals surface area contributed by atoms with Gasteiger partial charge in [0.15, 0.2) is 0 Å². The Balaban J connectivity index is 1.77. The van der Waals surface area contributed by atoms with Crippen LogP contribution in [0.3, 0.4) is 0 Å². The third-order valence-corrected chi connectivity index (χ3v) is 3.09. The number of nitrogens with one attached hydrogen (secondary N) is 2. The van der Waals surface area contributed by atoms with Crippen LogP contribution in [0.1, 0.15) is 11.3 Å². The lowest BCUT2D eigenvalue weighted by Gasteiger charge is -2.05. The molecule has 0 spiro atoms. The molecule has 0 bridgehead atoms. The minimum Gasteiger partial charge on any atom is -0.324 e. The van der Waals surface area contributed by atoms with Gasteiger partial charge in [0.25, 0.3) is 5.56 Å². The van der Waals surface area contributed by atoms with Crippen LogP contribution in [0.5, 0.6) is 0 Å². The summed E-state index contributed by atoms with van der Waals surface area (Å²) in [5.41, 5.74) is 1.64. The fourth-order valence-electron chi connectivity index (χ4n) is 1.99. The first-order valence-corrected chi connectivity index (χ1v) is 6.73. The molecule has 0 saturated heterocycles. The molecule has 1 heterocycles. The maximum Gasteiger partial charge on any atom is 0.274 e. The highest BCUT2D eigenvalue weighted by Crippen LogP contribution is 2.12. The van der Waals surface area contributed by atoms with Crippen LogP contribution in [0.2, 0.25) is 0 Å². The highest BCUT2D eigenvalue weighted by atomic mass is 19.1. The minimum absolute atomic E-state index is 0.216. The van der Waals surface area contributed by atoms with E-state index in [1.54, 1.807) is 12.1 Å². The van der Waals surface area contributed by atoms with E-state index in [-0.39, 0.29) is 17.3 Å². The summed E-state index contributed by atoms with van der Waals surface area (Å²) >= 11 is 0. The van der Waals surface area contributed by atoms with Crippen LogP contribution in [-0.4, -0.2) is 15.2 Å². The second-order valence-corrected chi connectivity index (χ2v) is 4.74. The Morgan fingerprint density at radius 1 is 1.00 bits per heavy atom. The zero-order valence-corrected chi connectivity index (χ0v) is 11.6. The lowest BCUT2D eigenvalue weighted by atomic mass is 10.1. The first-order valence-electron chi connectivity index (χ1n) is 6.73. The predicted molar refractivity (Wildman–Crippen MR) is 81.6 cm³/mol. The van der Waals surface area contributed by atoms with Crippen molar-refractivity contribution in [2.45, 2.75) is 6.42 Å². The van der Waals surface area contributed by atoms with Crippen LogP contribution in [-0.2, 0) is 6.42 Å². The van der Waals surface area contributed by atoms with Crippen LogP contribution >= 0.6 is 0 Å². The molecule has 3 rings (SSSR count). The summed E-state index contributed by atoms with van der Waals surface area (Å²) < 4.78 is 12.8. The molecule has 2 aromatic carbocycles. The van der Waals surface area contributed by atoms with Crippen molar-refractivity contribution in [3.8, 4) is 0 Å². The summed E-state index contributed by atoms with van der Waals surface area (Å²) in [5, 5.41) is 10.8. The summed E-state index contributed by atoms with van der Waals surface area (Å²) in [6.45, 7) is 0. The number of nitrogens with zero attached hydrogens (tertiary/aromatic N) is 2. The van der Waals surface area contributed by atoms with Crippen molar-refractivity contribution in [1.82, 2.24) is 15.2 Å². The van der Waals surface area contributed by atoms with Gasteiger partial charge in [0.1, 0.15) is 11.5 Å². The van der Waals surface area contributed by atoms with E-state index in [0.29, 0.717) is 17.8 Å². The van der Waals surface area contributed by atoms with Crippen molar-refractivity contribution >= 4 is 11.6 Å². The standard InChI is InChI=1S/C16H13FN4O/c17-12-6-8-13(9-7-12)18-16-19-15(22)14(20-21-16)10-11-4-2-1-3-5-11/h1-9H,10H2,(H2,18,19,21,22). The van der Waals surface area contributed by atoms with Gasteiger partial charge in [-0.2, -0.15) is 0 Å². The van der Waals surface area contributed by atoms with Gasteiger partial charge in [-0.3, -0.25) is 9.78 Å². The maximum atomic E-state index is 12.8. The second-order valence-electron chi connectivity index (χ2n) is 4.74. The average Bonchev–Trinajstić information content (AvgIpc) is 2.53. The van der Waals surface area contributed by atoms with Crippen molar-refractivity contribution in [2.75, 3.05) is 5.32 Å². The molecule has 2 N–H and O–H groups in total. The largest absolute Gasteiger partial charge is 0.324 e. The molecule has 0 saturated carbocycles. The van der Waals surface area contributed by atoms with Gasteiger partial charge < -0.3 is 5.32 Å². The van der Waals surface area contributed by atoms with E-state index in [1.165, 1.54) is 12.1 Å². The average molecular weight is 296 g/mol. The van der Waals surface area contributed by atoms with E-state index in [0.717, 1.165) is 5.56 Å². The zero-order chi connectivity index (χ0) is 15.4. The van der Waals surface area contributed by atoms with Crippen molar-refractivity contribution < 1.29 is 4.39 Å². The topological polar surface area (TPSA) is 70.7 Å². The van der Waals surface area contributed by atoms with E-state index < -0.39 is 0 Å². The second kappa shape index (κ2) is 6.17. The van der Waals surface area contributed by atoms with Crippen molar-refractivity contribution in [3.63, 3.8) is 0 Å². The number of aromatic amines is 1. The van der Waals surface area contributed by atoms with Crippen molar-refractivity contribution in [1.29, 1.82) is 0 Å². The Hall–Kier alpha value is -3.02. The molecule has 6 heteroatoms. The summed E-state index contributed by atoms with van der Waals surface area (Å²) in [4.78, 5) is 14.7. The normalized spacial score (nSPS) is 10.4. The number of hydrogen-bond acceptors (Lipinski definition) is 4. The maximum absolute atomic E-state index is 12.8. The number of rotatable bonds is 4. The first-order chi connectivity index (χ1) is 10.7. The lowest BCUT2D eigenvalue weighted by Crippen LogP contribution is -2.18. The van der Waals surface area contributed by atoms with Gasteiger partial charge in [-0.25, -0.2) is 4.39 Å². The van der Waals surface area contributed by atoms with Gasteiger partial charge in [-0.15, -0.1) is 10.2 Å². The van der Waals surface area contributed by atoms with E-state index in [2.05, 4.69) is 20.5 Å². The fourth-order valence-corrected chi connectivity index (χ4v) is 1.99. The number of H-pyrrole nitrogens is 1. The molecule has 0 fully saturated rings. The van der Waals surface area contributed by atoms with Gasteiger partial charge in [-0.05, 0) is 29.8 Å². The quantitative estimate of drug-likeness (QED) is 0.776. The molecule has 1 aromatic heterocycles. The third-order valence-electron chi connectivity index (χ3n) is 3.09. The third kappa shape index (κ3) is 3.35. The first kappa shape index (κ1) is 13.9. The SMILES string of the molecule is O=c1[nH]c(Nc2ccc(F)cc2)nnc1Cc1ccccc1. The summed E-state index contributed by atoms with van der Waals surface area (Å²) in [6, 6.07) is 15.3.